The minimum atomic E-state index is 0.00304. The largest absolute Gasteiger partial charge is 0.493 e. The monoisotopic (exact) mass is 407 g/mol. The second-order valence-electron chi connectivity index (χ2n) is 7.35. The topological polar surface area (TPSA) is 61.6 Å². The average Bonchev–Trinajstić information content (AvgIpc) is 3.13. The minimum Gasteiger partial charge on any atom is -0.493 e. The number of ketones is 1. The summed E-state index contributed by atoms with van der Waals surface area (Å²) in [6.45, 7) is 6.21. The van der Waals surface area contributed by atoms with Gasteiger partial charge >= 0.3 is 0 Å². The summed E-state index contributed by atoms with van der Waals surface area (Å²) in [5.41, 5.74) is 2.97. The highest BCUT2D eigenvalue weighted by atomic mass is 16.5. The lowest BCUT2D eigenvalue weighted by Gasteiger charge is -2.13. The molecule has 0 aliphatic heterocycles. The molecule has 0 aliphatic carbocycles. The van der Waals surface area contributed by atoms with Crippen molar-refractivity contribution in [3.8, 4) is 23.0 Å². The Bertz CT molecular complexity index is 963. The first-order valence-corrected chi connectivity index (χ1v) is 10.5. The van der Waals surface area contributed by atoms with Gasteiger partial charge in [0.05, 0.1) is 12.3 Å². The van der Waals surface area contributed by atoms with Crippen molar-refractivity contribution in [2.45, 2.75) is 46.5 Å². The lowest BCUT2D eigenvalue weighted by Crippen LogP contribution is -2.08. The minimum absolute atomic E-state index is 0.00304. The molecule has 2 aromatic carbocycles. The molecule has 0 radical (unpaired) electrons. The standard InChI is InChI=1S/C25H29NO4/c1-4-5-9-21-16-22(29-17-18(2)27)12-13-24(21)28-15-14-23-19(3)30-25(26-23)20-10-7-6-8-11-20/h6-8,10-13,16H,4-5,9,14-15,17H2,1-3H3. The smallest absolute Gasteiger partial charge is 0.226 e. The van der Waals surface area contributed by atoms with E-state index in [2.05, 4.69) is 11.9 Å². The highest BCUT2D eigenvalue weighted by Gasteiger charge is 2.12. The van der Waals surface area contributed by atoms with E-state index in [1.54, 1.807) is 0 Å². The van der Waals surface area contributed by atoms with Crippen LogP contribution in [0.5, 0.6) is 11.5 Å². The number of unbranched alkanes of at least 4 members (excludes halogenated alkanes) is 1. The van der Waals surface area contributed by atoms with Crippen LogP contribution in [0.25, 0.3) is 11.5 Å². The predicted octanol–water partition coefficient (Wildman–Crippen LogP) is 5.58. The van der Waals surface area contributed by atoms with E-state index in [0.29, 0.717) is 24.7 Å². The zero-order valence-electron chi connectivity index (χ0n) is 17.9. The first-order valence-electron chi connectivity index (χ1n) is 10.5. The van der Waals surface area contributed by atoms with Crippen molar-refractivity contribution in [3.05, 3.63) is 65.5 Å². The predicted molar refractivity (Wildman–Crippen MR) is 117 cm³/mol. The lowest BCUT2D eigenvalue weighted by atomic mass is 10.1. The van der Waals surface area contributed by atoms with Crippen LogP contribution in [0.15, 0.2) is 52.9 Å². The number of benzene rings is 2. The number of Topliss-reactive ketones (excluding diaryl/α,β-unsaturated/α-hetero) is 1. The Morgan fingerprint density at radius 2 is 1.87 bits per heavy atom. The quantitative estimate of drug-likeness (QED) is 0.415. The van der Waals surface area contributed by atoms with E-state index in [9.17, 15) is 4.79 Å². The van der Waals surface area contributed by atoms with Crippen LogP contribution in [-0.2, 0) is 17.6 Å². The summed E-state index contributed by atoms with van der Waals surface area (Å²) in [5, 5.41) is 0. The van der Waals surface area contributed by atoms with Crippen LogP contribution in [0.4, 0.5) is 0 Å². The van der Waals surface area contributed by atoms with Gasteiger partial charge in [-0.15, -0.1) is 0 Å². The van der Waals surface area contributed by atoms with Gasteiger partial charge in [0.15, 0.2) is 5.78 Å². The van der Waals surface area contributed by atoms with Crippen LogP contribution in [0.1, 0.15) is 43.7 Å². The van der Waals surface area contributed by atoms with E-state index >= 15 is 0 Å². The van der Waals surface area contributed by atoms with Crippen molar-refractivity contribution in [2.75, 3.05) is 13.2 Å². The molecule has 5 heteroatoms. The zero-order valence-corrected chi connectivity index (χ0v) is 17.9. The van der Waals surface area contributed by atoms with Crippen molar-refractivity contribution in [1.82, 2.24) is 4.98 Å². The lowest BCUT2D eigenvalue weighted by molar-refractivity contribution is -0.118. The molecule has 0 atom stereocenters. The van der Waals surface area contributed by atoms with Gasteiger partial charge in [0, 0.05) is 12.0 Å². The summed E-state index contributed by atoms with van der Waals surface area (Å²) < 4.78 is 17.5. The van der Waals surface area contributed by atoms with Gasteiger partial charge in [0.2, 0.25) is 5.89 Å². The Balaban J connectivity index is 1.65. The number of carbonyl (C=O) groups excluding carboxylic acids is 1. The molecule has 158 valence electrons. The van der Waals surface area contributed by atoms with E-state index in [-0.39, 0.29) is 12.4 Å². The first-order chi connectivity index (χ1) is 14.6. The van der Waals surface area contributed by atoms with E-state index in [4.69, 9.17) is 13.9 Å². The van der Waals surface area contributed by atoms with Gasteiger partial charge in [-0.05, 0) is 62.6 Å². The third kappa shape index (κ3) is 5.96. The number of rotatable bonds is 11. The van der Waals surface area contributed by atoms with Crippen LogP contribution < -0.4 is 9.47 Å². The van der Waals surface area contributed by atoms with E-state index < -0.39 is 0 Å². The molecule has 0 bridgehead atoms. The van der Waals surface area contributed by atoms with Crippen molar-refractivity contribution >= 4 is 5.78 Å². The number of carbonyl (C=O) groups is 1. The van der Waals surface area contributed by atoms with Crippen molar-refractivity contribution in [1.29, 1.82) is 0 Å². The van der Waals surface area contributed by atoms with Gasteiger partial charge in [-0.1, -0.05) is 31.5 Å². The summed E-state index contributed by atoms with van der Waals surface area (Å²) in [6, 6.07) is 15.6. The molecule has 0 amide bonds. The van der Waals surface area contributed by atoms with Crippen LogP contribution in [-0.4, -0.2) is 24.0 Å². The fourth-order valence-corrected chi connectivity index (χ4v) is 3.16. The Morgan fingerprint density at radius 3 is 2.60 bits per heavy atom. The van der Waals surface area contributed by atoms with E-state index in [0.717, 1.165) is 47.6 Å². The Kier molecular flexibility index (Phi) is 7.66. The molecule has 3 rings (SSSR count). The normalized spacial score (nSPS) is 10.8. The van der Waals surface area contributed by atoms with Crippen molar-refractivity contribution in [3.63, 3.8) is 0 Å². The van der Waals surface area contributed by atoms with Gasteiger partial charge in [-0.25, -0.2) is 4.98 Å². The fourth-order valence-electron chi connectivity index (χ4n) is 3.16. The maximum absolute atomic E-state index is 11.2. The summed E-state index contributed by atoms with van der Waals surface area (Å²) in [7, 11) is 0. The summed E-state index contributed by atoms with van der Waals surface area (Å²) >= 11 is 0. The van der Waals surface area contributed by atoms with Crippen molar-refractivity contribution < 1.29 is 18.7 Å². The van der Waals surface area contributed by atoms with Gasteiger partial charge in [-0.3, -0.25) is 4.79 Å². The second kappa shape index (κ2) is 10.6. The van der Waals surface area contributed by atoms with E-state index in [1.165, 1.54) is 6.92 Å². The Labute approximate surface area is 178 Å². The molecule has 3 aromatic rings. The van der Waals surface area contributed by atoms with Crippen molar-refractivity contribution in [2.24, 2.45) is 0 Å². The zero-order chi connectivity index (χ0) is 21.3. The third-order valence-electron chi connectivity index (χ3n) is 4.78. The molecule has 0 spiro atoms. The molecule has 1 aromatic heterocycles. The highest BCUT2D eigenvalue weighted by Crippen LogP contribution is 2.27. The maximum Gasteiger partial charge on any atom is 0.226 e. The maximum atomic E-state index is 11.2. The van der Waals surface area contributed by atoms with Gasteiger partial charge < -0.3 is 13.9 Å². The second-order valence-corrected chi connectivity index (χ2v) is 7.35. The number of ether oxygens (including phenoxy) is 2. The summed E-state index contributed by atoms with van der Waals surface area (Å²) in [4.78, 5) is 15.8. The summed E-state index contributed by atoms with van der Waals surface area (Å²) in [5.74, 6) is 3.00. The molecule has 0 aliphatic rings. The fraction of sp³-hybridized carbons (Fsp3) is 0.360. The molecule has 0 saturated carbocycles. The highest BCUT2D eigenvalue weighted by molar-refractivity contribution is 5.77. The van der Waals surface area contributed by atoms with E-state index in [1.807, 2.05) is 55.5 Å². The number of hydrogen-bond acceptors (Lipinski definition) is 5. The Hall–Kier alpha value is -3.08. The number of nitrogens with zero attached hydrogens (tertiary/aromatic N) is 1. The molecule has 1 heterocycles. The van der Waals surface area contributed by atoms with Gasteiger partial charge in [-0.2, -0.15) is 0 Å². The average molecular weight is 408 g/mol. The van der Waals surface area contributed by atoms with Crippen LogP contribution in [0, 0.1) is 6.92 Å². The molecule has 0 unspecified atom stereocenters. The molecular weight excluding hydrogens is 378 g/mol. The molecular formula is C25H29NO4. The van der Waals surface area contributed by atoms with Crippen LogP contribution >= 0.6 is 0 Å². The van der Waals surface area contributed by atoms with Crippen LogP contribution in [0.2, 0.25) is 0 Å². The number of aryl methyl sites for hydroxylation is 2. The number of oxazole rings is 1. The molecule has 30 heavy (non-hydrogen) atoms. The Morgan fingerprint density at radius 1 is 1.07 bits per heavy atom. The third-order valence-corrected chi connectivity index (χ3v) is 4.78. The van der Waals surface area contributed by atoms with Gasteiger partial charge in [0.25, 0.3) is 0 Å². The summed E-state index contributed by atoms with van der Waals surface area (Å²) in [6.07, 6.45) is 3.73. The first kappa shape index (κ1) is 21.6. The SMILES string of the molecule is CCCCc1cc(OCC(C)=O)ccc1OCCc1nc(-c2ccccc2)oc1C. The molecule has 5 nitrogen and oxygen atoms in total. The number of aromatic nitrogens is 1. The molecule has 0 N–H and O–H groups in total. The van der Waals surface area contributed by atoms with Crippen LogP contribution in [0.3, 0.4) is 0 Å². The molecule has 0 saturated heterocycles. The number of hydrogen-bond donors (Lipinski definition) is 0. The van der Waals surface area contributed by atoms with Gasteiger partial charge in [0.1, 0.15) is 23.9 Å². The molecule has 0 fully saturated rings.